The minimum absolute atomic E-state index is 0.130. The summed E-state index contributed by atoms with van der Waals surface area (Å²) in [6, 6.07) is 10.6. The maximum atomic E-state index is 12.4. The van der Waals surface area contributed by atoms with E-state index in [1.165, 1.54) is 4.90 Å². The SMILES string of the molecule is Cc1cc(C(=O)N2CC[C@@](C(=O)O)(c3ccccc3)C2)on1. The number of carbonyl (C=O) groups excluding carboxylic acids is 1. The van der Waals surface area contributed by atoms with Crippen LogP contribution in [0.1, 0.15) is 28.2 Å². The van der Waals surface area contributed by atoms with Crippen LogP contribution >= 0.6 is 0 Å². The van der Waals surface area contributed by atoms with Crippen LogP contribution in [0.2, 0.25) is 0 Å². The summed E-state index contributed by atoms with van der Waals surface area (Å²) in [4.78, 5) is 25.8. The molecule has 1 aliphatic heterocycles. The summed E-state index contributed by atoms with van der Waals surface area (Å²) >= 11 is 0. The molecular weight excluding hydrogens is 284 g/mol. The largest absolute Gasteiger partial charge is 0.481 e. The molecule has 3 rings (SSSR count). The van der Waals surface area contributed by atoms with Crippen molar-refractivity contribution in [3.05, 3.63) is 53.4 Å². The monoisotopic (exact) mass is 300 g/mol. The number of rotatable bonds is 3. The lowest BCUT2D eigenvalue weighted by Gasteiger charge is -2.25. The fourth-order valence-electron chi connectivity index (χ4n) is 2.89. The van der Waals surface area contributed by atoms with Gasteiger partial charge in [-0.1, -0.05) is 35.5 Å². The molecule has 1 N–H and O–H groups in total. The van der Waals surface area contributed by atoms with Gasteiger partial charge in [0.2, 0.25) is 5.76 Å². The predicted molar refractivity (Wildman–Crippen MR) is 77.5 cm³/mol. The lowest BCUT2D eigenvalue weighted by Crippen LogP contribution is -2.40. The van der Waals surface area contributed by atoms with Crippen LogP contribution in [0.15, 0.2) is 40.9 Å². The summed E-state index contributed by atoms with van der Waals surface area (Å²) in [5.74, 6) is -1.09. The van der Waals surface area contributed by atoms with E-state index in [0.29, 0.717) is 24.2 Å². The molecule has 6 heteroatoms. The van der Waals surface area contributed by atoms with E-state index in [4.69, 9.17) is 4.52 Å². The Labute approximate surface area is 127 Å². The molecule has 22 heavy (non-hydrogen) atoms. The van der Waals surface area contributed by atoms with Gasteiger partial charge in [-0.15, -0.1) is 0 Å². The molecule has 1 aromatic heterocycles. The van der Waals surface area contributed by atoms with Crippen LogP contribution < -0.4 is 0 Å². The Kier molecular flexibility index (Phi) is 3.44. The molecule has 0 radical (unpaired) electrons. The fraction of sp³-hybridized carbons (Fsp3) is 0.312. The normalized spacial score (nSPS) is 21.0. The number of nitrogens with zero attached hydrogens (tertiary/aromatic N) is 2. The minimum Gasteiger partial charge on any atom is -0.481 e. The number of aliphatic carboxylic acids is 1. The second-order valence-electron chi connectivity index (χ2n) is 5.56. The van der Waals surface area contributed by atoms with Gasteiger partial charge in [0.05, 0.1) is 5.69 Å². The number of carboxylic acids is 1. The number of aryl methyl sites for hydroxylation is 1. The predicted octanol–water partition coefficient (Wildman–Crippen LogP) is 1.85. The number of amides is 1. The third-order valence-electron chi connectivity index (χ3n) is 4.13. The highest BCUT2D eigenvalue weighted by molar-refractivity contribution is 5.93. The number of benzene rings is 1. The molecule has 1 saturated heterocycles. The molecule has 1 aliphatic rings. The van der Waals surface area contributed by atoms with Gasteiger partial charge in [0.15, 0.2) is 0 Å². The van der Waals surface area contributed by atoms with Crippen molar-refractivity contribution in [2.75, 3.05) is 13.1 Å². The van der Waals surface area contributed by atoms with E-state index in [-0.39, 0.29) is 18.2 Å². The summed E-state index contributed by atoms with van der Waals surface area (Å²) in [7, 11) is 0. The Hall–Kier alpha value is -2.63. The molecular formula is C16H16N2O4. The highest BCUT2D eigenvalue weighted by Gasteiger charge is 2.48. The van der Waals surface area contributed by atoms with Gasteiger partial charge in [-0.3, -0.25) is 9.59 Å². The van der Waals surface area contributed by atoms with E-state index in [9.17, 15) is 14.7 Å². The van der Waals surface area contributed by atoms with Crippen molar-refractivity contribution in [2.45, 2.75) is 18.8 Å². The first-order chi connectivity index (χ1) is 10.5. The number of aromatic nitrogens is 1. The summed E-state index contributed by atoms with van der Waals surface area (Å²) in [6.07, 6.45) is 0.380. The Morgan fingerprint density at radius 3 is 2.64 bits per heavy atom. The maximum Gasteiger partial charge on any atom is 0.316 e. The third kappa shape index (κ3) is 2.26. The molecule has 0 saturated carbocycles. The first kappa shape index (κ1) is 14.3. The van der Waals surface area contributed by atoms with E-state index in [1.807, 2.05) is 18.2 Å². The van der Waals surface area contributed by atoms with E-state index in [2.05, 4.69) is 5.16 Å². The van der Waals surface area contributed by atoms with Gasteiger partial charge < -0.3 is 14.5 Å². The zero-order valence-electron chi connectivity index (χ0n) is 12.2. The average molecular weight is 300 g/mol. The zero-order chi connectivity index (χ0) is 15.7. The van der Waals surface area contributed by atoms with E-state index >= 15 is 0 Å². The average Bonchev–Trinajstić information content (AvgIpc) is 3.15. The quantitative estimate of drug-likeness (QED) is 0.935. The van der Waals surface area contributed by atoms with Crippen molar-refractivity contribution in [3.8, 4) is 0 Å². The summed E-state index contributed by atoms with van der Waals surface area (Å²) in [5, 5.41) is 13.4. The van der Waals surface area contributed by atoms with Crippen molar-refractivity contribution in [1.29, 1.82) is 0 Å². The standard InChI is InChI=1S/C16H16N2O4/c1-11-9-13(22-17-11)14(19)18-8-7-16(10-18,15(20)21)12-5-3-2-4-6-12/h2-6,9H,7-8,10H2,1H3,(H,20,21)/t16-/m0/s1. The molecule has 2 aromatic rings. The van der Waals surface area contributed by atoms with Gasteiger partial charge in [0.25, 0.3) is 5.91 Å². The number of carbonyl (C=O) groups is 2. The van der Waals surface area contributed by atoms with Crippen molar-refractivity contribution < 1.29 is 19.2 Å². The number of hydrogen-bond acceptors (Lipinski definition) is 4. The highest BCUT2D eigenvalue weighted by atomic mass is 16.5. The van der Waals surface area contributed by atoms with Crippen LogP contribution in [-0.4, -0.2) is 40.1 Å². The Balaban J connectivity index is 1.88. The first-order valence-corrected chi connectivity index (χ1v) is 7.04. The summed E-state index contributed by atoms with van der Waals surface area (Å²) in [6.45, 7) is 2.24. The smallest absolute Gasteiger partial charge is 0.316 e. The minimum atomic E-state index is -1.06. The molecule has 0 aliphatic carbocycles. The molecule has 1 atom stereocenters. The van der Waals surface area contributed by atoms with Gasteiger partial charge in [0, 0.05) is 19.2 Å². The second kappa shape index (κ2) is 5.29. The van der Waals surface area contributed by atoms with Crippen molar-refractivity contribution in [3.63, 3.8) is 0 Å². The van der Waals surface area contributed by atoms with Crippen molar-refractivity contribution in [2.24, 2.45) is 0 Å². The lowest BCUT2D eigenvalue weighted by atomic mass is 9.80. The highest BCUT2D eigenvalue weighted by Crippen LogP contribution is 2.35. The van der Waals surface area contributed by atoms with E-state index in [1.54, 1.807) is 25.1 Å². The van der Waals surface area contributed by atoms with Gasteiger partial charge in [-0.05, 0) is 18.9 Å². The van der Waals surface area contributed by atoms with E-state index < -0.39 is 11.4 Å². The Bertz CT molecular complexity index is 710. The molecule has 6 nitrogen and oxygen atoms in total. The van der Waals surface area contributed by atoms with Crippen LogP contribution in [0, 0.1) is 6.92 Å². The molecule has 1 aromatic carbocycles. The van der Waals surface area contributed by atoms with Crippen LogP contribution in [-0.2, 0) is 10.2 Å². The molecule has 0 unspecified atom stereocenters. The molecule has 0 bridgehead atoms. The second-order valence-corrected chi connectivity index (χ2v) is 5.56. The van der Waals surface area contributed by atoms with Gasteiger partial charge in [-0.2, -0.15) is 0 Å². The van der Waals surface area contributed by atoms with Gasteiger partial charge in [-0.25, -0.2) is 0 Å². The Morgan fingerprint density at radius 1 is 1.32 bits per heavy atom. The van der Waals surface area contributed by atoms with Crippen LogP contribution in [0.3, 0.4) is 0 Å². The van der Waals surface area contributed by atoms with Crippen molar-refractivity contribution >= 4 is 11.9 Å². The fourth-order valence-corrected chi connectivity index (χ4v) is 2.89. The number of hydrogen-bond donors (Lipinski definition) is 1. The topological polar surface area (TPSA) is 83.6 Å². The number of likely N-dealkylation sites (tertiary alicyclic amines) is 1. The van der Waals surface area contributed by atoms with E-state index in [0.717, 1.165) is 0 Å². The van der Waals surface area contributed by atoms with Gasteiger partial charge in [0.1, 0.15) is 5.41 Å². The van der Waals surface area contributed by atoms with Crippen LogP contribution in [0.5, 0.6) is 0 Å². The molecule has 1 fully saturated rings. The van der Waals surface area contributed by atoms with Gasteiger partial charge >= 0.3 is 5.97 Å². The number of carboxylic acid groups (broad SMARTS) is 1. The molecule has 0 spiro atoms. The van der Waals surface area contributed by atoms with Crippen molar-refractivity contribution in [1.82, 2.24) is 10.1 Å². The lowest BCUT2D eigenvalue weighted by molar-refractivity contribution is -0.143. The summed E-state index contributed by atoms with van der Waals surface area (Å²) in [5.41, 5.74) is 0.271. The molecule has 1 amide bonds. The Morgan fingerprint density at radius 2 is 2.05 bits per heavy atom. The molecule has 114 valence electrons. The molecule has 2 heterocycles. The first-order valence-electron chi connectivity index (χ1n) is 7.04. The maximum absolute atomic E-state index is 12.4. The van der Waals surface area contributed by atoms with Crippen LogP contribution in [0.4, 0.5) is 0 Å². The summed E-state index contributed by atoms with van der Waals surface area (Å²) < 4.78 is 4.98. The van der Waals surface area contributed by atoms with Crippen LogP contribution in [0.25, 0.3) is 0 Å². The zero-order valence-corrected chi connectivity index (χ0v) is 12.2. The third-order valence-corrected chi connectivity index (χ3v) is 4.13.